The molecule has 0 bridgehead atoms. The van der Waals surface area contributed by atoms with Gasteiger partial charge < -0.3 is 0 Å². The molecule has 9 aromatic rings. The van der Waals surface area contributed by atoms with Gasteiger partial charge in [0.05, 0.1) is 22.6 Å². The van der Waals surface area contributed by atoms with Gasteiger partial charge in [-0.25, -0.2) is 15.0 Å². The third-order valence-corrected chi connectivity index (χ3v) is 9.29. The molecule has 7 aromatic carbocycles. The fourth-order valence-electron chi connectivity index (χ4n) is 6.83. The van der Waals surface area contributed by atoms with Crippen molar-refractivity contribution >= 4 is 21.7 Å². The largest absolute Gasteiger partial charge is 0.247 e. The highest BCUT2D eigenvalue weighted by atomic mass is 14.9. The minimum atomic E-state index is 0.712. The maximum Gasteiger partial charge on any atom is 0.160 e. The lowest BCUT2D eigenvalue weighted by atomic mass is 9.92. The van der Waals surface area contributed by atoms with Gasteiger partial charge >= 0.3 is 0 Å². The van der Waals surface area contributed by atoms with Crippen LogP contribution in [-0.2, 0) is 0 Å². The monoisotopic (exact) mass is 637 g/mol. The van der Waals surface area contributed by atoms with E-state index in [1.54, 1.807) is 0 Å². The summed E-state index contributed by atoms with van der Waals surface area (Å²) >= 11 is 0. The SMILES string of the molecule is c1ccc(-c2cc(-c3ccc(-c4cccc(-c5nc6ccccc6c6c(-c7ccccc7)cccc56)c4)cc3)nc(-c3ccccc3)n2)cc1. The zero-order valence-electron chi connectivity index (χ0n) is 27.2. The molecule has 0 atom stereocenters. The molecule has 50 heavy (non-hydrogen) atoms. The van der Waals surface area contributed by atoms with Crippen LogP contribution in [0.3, 0.4) is 0 Å². The van der Waals surface area contributed by atoms with Crippen LogP contribution in [0.1, 0.15) is 0 Å². The summed E-state index contributed by atoms with van der Waals surface area (Å²) in [6, 6.07) is 65.6. The molecule has 3 nitrogen and oxygen atoms in total. The predicted molar refractivity (Wildman–Crippen MR) is 207 cm³/mol. The number of hydrogen-bond acceptors (Lipinski definition) is 3. The third-order valence-electron chi connectivity index (χ3n) is 9.29. The second kappa shape index (κ2) is 12.7. The van der Waals surface area contributed by atoms with Gasteiger partial charge in [0.2, 0.25) is 0 Å². The van der Waals surface area contributed by atoms with E-state index in [0.717, 1.165) is 66.8 Å². The van der Waals surface area contributed by atoms with E-state index in [1.165, 1.54) is 16.5 Å². The predicted octanol–water partition coefficient (Wildman–Crippen LogP) is 12.2. The molecule has 9 rings (SSSR count). The molecular weight excluding hydrogens is 607 g/mol. The van der Waals surface area contributed by atoms with Crippen molar-refractivity contribution in [3.05, 3.63) is 188 Å². The Hall–Kier alpha value is -6.71. The second-order valence-corrected chi connectivity index (χ2v) is 12.4. The molecule has 2 aromatic heterocycles. The molecule has 0 saturated carbocycles. The fraction of sp³-hybridized carbons (Fsp3) is 0. The van der Waals surface area contributed by atoms with Gasteiger partial charge in [0.1, 0.15) is 0 Å². The zero-order valence-corrected chi connectivity index (χ0v) is 27.2. The van der Waals surface area contributed by atoms with Crippen LogP contribution in [0.5, 0.6) is 0 Å². The number of hydrogen-bond donors (Lipinski definition) is 0. The lowest BCUT2D eigenvalue weighted by molar-refractivity contribution is 1.18. The Bertz CT molecular complexity index is 2560. The Morgan fingerprint density at radius 3 is 1.54 bits per heavy atom. The summed E-state index contributed by atoms with van der Waals surface area (Å²) < 4.78 is 0. The average molecular weight is 638 g/mol. The molecule has 0 aliphatic carbocycles. The minimum absolute atomic E-state index is 0.712. The van der Waals surface area contributed by atoms with Crippen molar-refractivity contribution < 1.29 is 0 Å². The zero-order chi connectivity index (χ0) is 33.3. The number of pyridine rings is 1. The van der Waals surface area contributed by atoms with Crippen molar-refractivity contribution in [3.63, 3.8) is 0 Å². The van der Waals surface area contributed by atoms with E-state index in [0.29, 0.717) is 5.82 Å². The van der Waals surface area contributed by atoms with Crippen LogP contribution in [0.25, 0.3) is 89.1 Å². The summed E-state index contributed by atoms with van der Waals surface area (Å²) in [4.78, 5) is 15.2. The van der Waals surface area contributed by atoms with E-state index in [1.807, 2.05) is 36.4 Å². The molecule has 0 N–H and O–H groups in total. The summed E-state index contributed by atoms with van der Waals surface area (Å²) in [5, 5.41) is 3.53. The van der Waals surface area contributed by atoms with E-state index in [4.69, 9.17) is 15.0 Å². The maximum absolute atomic E-state index is 5.25. The van der Waals surface area contributed by atoms with Gasteiger partial charge in [0.25, 0.3) is 0 Å². The summed E-state index contributed by atoms with van der Waals surface area (Å²) in [6.45, 7) is 0. The lowest BCUT2D eigenvalue weighted by Gasteiger charge is -2.15. The van der Waals surface area contributed by atoms with Crippen molar-refractivity contribution in [2.75, 3.05) is 0 Å². The topological polar surface area (TPSA) is 38.7 Å². The van der Waals surface area contributed by atoms with Gasteiger partial charge in [-0.05, 0) is 40.5 Å². The van der Waals surface area contributed by atoms with Gasteiger partial charge in [-0.1, -0.05) is 170 Å². The van der Waals surface area contributed by atoms with Gasteiger partial charge in [-0.2, -0.15) is 0 Å². The summed E-state index contributed by atoms with van der Waals surface area (Å²) in [5.41, 5.74) is 12.6. The van der Waals surface area contributed by atoms with E-state index in [9.17, 15) is 0 Å². The van der Waals surface area contributed by atoms with Gasteiger partial charge in [0, 0.05) is 38.4 Å². The maximum atomic E-state index is 5.25. The third kappa shape index (κ3) is 5.51. The Morgan fingerprint density at radius 2 is 0.820 bits per heavy atom. The smallest absolute Gasteiger partial charge is 0.160 e. The summed E-state index contributed by atoms with van der Waals surface area (Å²) in [7, 11) is 0. The van der Waals surface area contributed by atoms with E-state index in [-0.39, 0.29) is 0 Å². The van der Waals surface area contributed by atoms with Crippen LogP contribution >= 0.6 is 0 Å². The van der Waals surface area contributed by atoms with Crippen molar-refractivity contribution in [3.8, 4) is 67.4 Å². The highest BCUT2D eigenvalue weighted by Gasteiger charge is 2.15. The number of benzene rings is 7. The highest BCUT2D eigenvalue weighted by molar-refractivity contribution is 6.17. The summed E-state index contributed by atoms with van der Waals surface area (Å²) in [6.07, 6.45) is 0. The van der Waals surface area contributed by atoms with Crippen LogP contribution in [0.15, 0.2) is 188 Å². The van der Waals surface area contributed by atoms with Crippen LogP contribution in [0.4, 0.5) is 0 Å². The number of aromatic nitrogens is 3. The molecule has 0 spiro atoms. The van der Waals surface area contributed by atoms with Crippen LogP contribution in [0.2, 0.25) is 0 Å². The first-order chi connectivity index (χ1) is 24.8. The number of nitrogens with zero attached hydrogens (tertiary/aromatic N) is 3. The molecule has 2 heterocycles. The molecule has 0 amide bonds. The molecule has 0 radical (unpaired) electrons. The van der Waals surface area contributed by atoms with Crippen LogP contribution in [-0.4, -0.2) is 15.0 Å². The molecule has 0 saturated heterocycles. The first kappa shape index (κ1) is 29.4. The van der Waals surface area contributed by atoms with Crippen LogP contribution in [0, 0.1) is 0 Å². The molecule has 234 valence electrons. The first-order valence-corrected chi connectivity index (χ1v) is 16.9. The lowest BCUT2D eigenvalue weighted by Crippen LogP contribution is -1.95. The van der Waals surface area contributed by atoms with Crippen molar-refractivity contribution in [2.45, 2.75) is 0 Å². The minimum Gasteiger partial charge on any atom is -0.247 e. The second-order valence-electron chi connectivity index (χ2n) is 12.4. The Balaban J connectivity index is 1.12. The quantitative estimate of drug-likeness (QED) is 0.170. The highest BCUT2D eigenvalue weighted by Crippen LogP contribution is 2.39. The molecule has 0 fully saturated rings. The number of rotatable bonds is 6. The summed E-state index contributed by atoms with van der Waals surface area (Å²) in [5.74, 6) is 0.712. The molecular formula is C47H31N3. The first-order valence-electron chi connectivity index (χ1n) is 16.9. The van der Waals surface area contributed by atoms with Crippen molar-refractivity contribution in [1.29, 1.82) is 0 Å². The van der Waals surface area contributed by atoms with Crippen LogP contribution < -0.4 is 0 Å². The molecule has 0 aliphatic heterocycles. The standard InChI is InChI=1S/C47H31N3/c1-4-14-33(15-5-1)39-23-13-24-41-45(39)40-22-10-11-25-42(40)48-46(41)38-21-12-20-37(30-38)32-26-28-35(29-27-32)44-31-43(34-16-6-2-7-17-34)49-47(50-44)36-18-8-3-9-19-36/h1-31H. The normalized spacial score (nSPS) is 11.2. The molecule has 0 unspecified atom stereocenters. The average Bonchev–Trinajstić information content (AvgIpc) is 3.21. The van der Waals surface area contributed by atoms with Crippen molar-refractivity contribution in [2.24, 2.45) is 0 Å². The van der Waals surface area contributed by atoms with Gasteiger partial charge in [-0.15, -0.1) is 0 Å². The number of para-hydroxylation sites is 1. The molecule has 0 aliphatic rings. The fourth-order valence-corrected chi connectivity index (χ4v) is 6.83. The Kier molecular flexibility index (Phi) is 7.49. The molecule has 3 heteroatoms. The van der Waals surface area contributed by atoms with E-state index in [2.05, 4.69) is 152 Å². The van der Waals surface area contributed by atoms with Gasteiger partial charge in [-0.3, -0.25) is 0 Å². The van der Waals surface area contributed by atoms with Gasteiger partial charge in [0.15, 0.2) is 5.82 Å². The van der Waals surface area contributed by atoms with E-state index >= 15 is 0 Å². The Labute approximate surface area is 291 Å². The number of fused-ring (bicyclic) bond motifs is 3. The van der Waals surface area contributed by atoms with Crippen molar-refractivity contribution in [1.82, 2.24) is 15.0 Å². The van der Waals surface area contributed by atoms with E-state index < -0.39 is 0 Å². The Morgan fingerprint density at radius 1 is 0.300 bits per heavy atom.